The Morgan fingerprint density at radius 2 is 2.29 bits per heavy atom. The minimum atomic E-state index is 0.0712. The highest BCUT2D eigenvalue weighted by Crippen LogP contribution is 2.26. The van der Waals surface area contributed by atoms with E-state index in [1.807, 2.05) is 0 Å². The van der Waals surface area contributed by atoms with Gasteiger partial charge in [0.25, 0.3) is 0 Å². The first-order valence-electron chi connectivity index (χ1n) is 6.85. The van der Waals surface area contributed by atoms with Crippen LogP contribution in [0, 0.1) is 0 Å². The van der Waals surface area contributed by atoms with Gasteiger partial charge in [-0.05, 0) is 46.2 Å². The molecule has 1 heterocycles. The molecule has 4 nitrogen and oxygen atoms in total. The molecule has 102 valence electrons. The third kappa shape index (κ3) is 3.91. The lowest BCUT2D eigenvalue weighted by molar-refractivity contribution is 0.0973. The summed E-state index contributed by atoms with van der Waals surface area (Å²) in [7, 11) is 2.18. The van der Waals surface area contributed by atoms with Crippen molar-refractivity contribution in [3.05, 3.63) is 0 Å². The first-order chi connectivity index (χ1) is 8.06. The Labute approximate surface area is 106 Å². The van der Waals surface area contributed by atoms with Crippen molar-refractivity contribution in [2.75, 3.05) is 26.7 Å². The van der Waals surface area contributed by atoms with E-state index in [-0.39, 0.29) is 12.1 Å². The predicted octanol–water partition coefficient (Wildman–Crippen LogP) is 0.549. The zero-order chi connectivity index (χ0) is 12.9. The van der Waals surface area contributed by atoms with Crippen molar-refractivity contribution in [3.8, 4) is 0 Å². The SMILES string of the molecule is CCC(CCO)NC1(CN)CCN(C)C(C)C1. The highest BCUT2D eigenvalue weighted by atomic mass is 16.3. The van der Waals surface area contributed by atoms with Crippen molar-refractivity contribution in [1.82, 2.24) is 10.2 Å². The number of aliphatic hydroxyl groups excluding tert-OH is 1. The van der Waals surface area contributed by atoms with E-state index in [1.165, 1.54) is 0 Å². The van der Waals surface area contributed by atoms with Crippen molar-refractivity contribution >= 4 is 0 Å². The molecule has 0 aliphatic carbocycles. The van der Waals surface area contributed by atoms with E-state index in [2.05, 4.69) is 31.1 Å². The number of nitrogens with two attached hydrogens (primary N) is 1. The summed E-state index contributed by atoms with van der Waals surface area (Å²) in [4.78, 5) is 2.39. The van der Waals surface area contributed by atoms with Gasteiger partial charge in [-0.15, -0.1) is 0 Å². The average Bonchev–Trinajstić information content (AvgIpc) is 2.33. The van der Waals surface area contributed by atoms with Gasteiger partial charge < -0.3 is 21.1 Å². The largest absolute Gasteiger partial charge is 0.396 e. The monoisotopic (exact) mass is 243 g/mol. The number of hydrogen-bond donors (Lipinski definition) is 3. The number of hydrogen-bond acceptors (Lipinski definition) is 4. The number of piperidine rings is 1. The van der Waals surface area contributed by atoms with Gasteiger partial charge in [0.2, 0.25) is 0 Å². The lowest BCUT2D eigenvalue weighted by atomic mass is 9.82. The average molecular weight is 243 g/mol. The molecule has 0 radical (unpaired) electrons. The molecule has 3 unspecified atom stereocenters. The number of nitrogens with one attached hydrogen (secondary N) is 1. The molecule has 1 aliphatic rings. The normalized spacial score (nSPS) is 32.6. The molecule has 17 heavy (non-hydrogen) atoms. The van der Waals surface area contributed by atoms with Crippen LogP contribution in [-0.2, 0) is 0 Å². The van der Waals surface area contributed by atoms with E-state index < -0.39 is 0 Å². The van der Waals surface area contributed by atoms with E-state index in [4.69, 9.17) is 10.8 Å². The molecule has 1 fully saturated rings. The third-order valence-corrected chi connectivity index (χ3v) is 4.25. The maximum absolute atomic E-state index is 9.07. The summed E-state index contributed by atoms with van der Waals surface area (Å²) in [6, 6.07) is 0.964. The molecule has 4 N–H and O–H groups in total. The van der Waals surface area contributed by atoms with Crippen LogP contribution in [-0.4, -0.2) is 54.4 Å². The maximum atomic E-state index is 9.07. The fourth-order valence-electron chi connectivity index (χ4n) is 2.78. The van der Waals surface area contributed by atoms with E-state index in [9.17, 15) is 0 Å². The van der Waals surface area contributed by atoms with E-state index in [1.54, 1.807) is 0 Å². The van der Waals surface area contributed by atoms with Crippen molar-refractivity contribution in [1.29, 1.82) is 0 Å². The Kier molecular flexibility index (Phi) is 5.86. The Hall–Kier alpha value is -0.160. The van der Waals surface area contributed by atoms with Crippen LogP contribution in [0.5, 0.6) is 0 Å². The van der Waals surface area contributed by atoms with Gasteiger partial charge in [0, 0.05) is 30.8 Å². The van der Waals surface area contributed by atoms with Crippen LogP contribution in [0.25, 0.3) is 0 Å². The lowest BCUT2D eigenvalue weighted by Crippen LogP contribution is -2.61. The number of aliphatic hydroxyl groups is 1. The molecule has 0 amide bonds. The van der Waals surface area contributed by atoms with Crippen LogP contribution in [0.15, 0.2) is 0 Å². The Morgan fingerprint density at radius 3 is 2.76 bits per heavy atom. The van der Waals surface area contributed by atoms with Crippen LogP contribution in [0.1, 0.15) is 39.5 Å². The van der Waals surface area contributed by atoms with E-state index in [0.717, 1.165) is 32.2 Å². The quantitative estimate of drug-likeness (QED) is 0.637. The summed E-state index contributed by atoms with van der Waals surface area (Å²) in [5, 5.41) is 12.8. The zero-order valence-electron chi connectivity index (χ0n) is 11.6. The van der Waals surface area contributed by atoms with Crippen molar-refractivity contribution in [2.45, 2.75) is 57.2 Å². The summed E-state index contributed by atoms with van der Waals surface area (Å²) in [6.07, 6.45) is 4.07. The minimum absolute atomic E-state index is 0.0712. The van der Waals surface area contributed by atoms with Crippen molar-refractivity contribution in [2.24, 2.45) is 5.73 Å². The second kappa shape index (κ2) is 6.69. The van der Waals surface area contributed by atoms with Gasteiger partial charge >= 0.3 is 0 Å². The molecule has 0 aromatic carbocycles. The summed E-state index contributed by atoms with van der Waals surface area (Å²) in [6.45, 7) is 6.46. The summed E-state index contributed by atoms with van der Waals surface area (Å²) >= 11 is 0. The van der Waals surface area contributed by atoms with Crippen molar-refractivity contribution < 1.29 is 5.11 Å². The Bertz CT molecular complexity index is 225. The van der Waals surface area contributed by atoms with Gasteiger partial charge in [0.05, 0.1) is 0 Å². The van der Waals surface area contributed by atoms with Crippen LogP contribution in [0.4, 0.5) is 0 Å². The van der Waals surface area contributed by atoms with Crippen LogP contribution in [0.2, 0.25) is 0 Å². The fourth-order valence-corrected chi connectivity index (χ4v) is 2.78. The Morgan fingerprint density at radius 1 is 1.59 bits per heavy atom. The molecular formula is C13H29N3O. The first-order valence-corrected chi connectivity index (χ1v) is 6.85. The molecular weight excluding hydrogens is 214 g/mol. The molecule has 0 bridgehead atoms. The molecule has 0 saturated carbocycles. The molecule has 0 aromatic heterocycles. The van der Waals surface area contributed by atoms with Gasteiger partial charge in [-0.2, -0.15) is 0 Å². The second-order valence-corrected chi connectivity index (χ2v) is 5.53. The number of nitrogens with zero attached hydrogens (tertiary/aromatic N) is 1. The predicted molar refractivity (Wildman–Crippen MR) is 72.0 cm³/mol. The highest BCUT2D eigenvalue weighted by molar-refractivity contribution is 4.98. The second-order valence-electron chi connectivity index (χ2n) is 5.53. The first kappa shape index (κ1) is 14.9. The van der Waals surface area contributed by atoms with Gasteiger partial charge in [0.1, 0.15) is 0 Å². The molecule has 0 spiro atoms. The molecule has 0 aromatic rings. The van der Waals surface area contributed by atoms with Crippen LogP contribution in [0.3, 0.4) is 0 Å². The Balaban J connectivity index is 2.62. The van der Waals surface area contributed by atoms with Crippen LogP contribution < -0.4 is 11.1 Å². The van der Waals surface area contributed by atoms with E-state index in [0.29, 0.717) is 18.6 Å². The molecule has 3 atom stereocenters. The van der Waals surface area contributed by atoms with Crippen LogP contribution >= 0.6 is 0 Å². The fraction of sp³-hybridized carbons (Fsp3) is 1.00. The zero-order valence-corrected chi connectivity index (χ0v) is 11.6. The topological polar surface area (TPSA) is 61.5 Å². The highest BCUT2D eigenvalue weighted by Gasteiger charge is 2.36. The standard InChI is InChI=1S/C13H29N3O/c1-4-12(5-8-17)15-13(10-14)6-7-16(3)11(2)9-13/h11-12,15,17H,4-10,14H2,1-3H3. The van der Waals surface area contributed by atoms with Gasteiger partial charge in [-0.25, -0.2) is 0 Å². The van der Waals surface area contributed by atoms with Gasteiger partial charge in [0.15, 0.2) is 0 Å². The summed E-state index contributed by atoms with van der Waals surface area (Å²) in [5.41, 5.74) is 6.07. The smallest absolute Gasteiger partial charge is 0.0445 e. The molecule has 1 rings (SSSR count). The number of likely N-dealkylation sites (tertiary alicyclic amines) is 1. The molecule has 1 saturated heterocycles. The molecule has 4 heteroatoms. The number of rotatable bonds is 6. The summed E-state index contributed by atoms with van der Waals surface area (Å²) in [5.74, 6) is 0. The maximum Gasteiger partial charge on any atom is 0.0445 e. The van der Waals surface area contributed by atoms with E-state index >= 15 is 0 Å². The molecule has 1 aliphatic heterocycles. The van der Waals surface area contributed by atoms with Gasteiger partial charge in [-0.1, -0.05) is 6.92 Å². The van der Waals surface area contributed by atoms with Gasteiger partial charge in [-0.3, -0.25) is 0 Å². The lowest BCUT2D eigenvalue weighted by Gasteiger charge is -2.46. The third-order valence-electron chi connectivity index (χ3n) is 4.25. The summed E-state index contributed by atoms with van der Waals surface area (Å²) < 4.78 is 0. The van der Waals surface area contributed by atoms with Crippen molar-refractivity contribution in [3.63, 3.8) is 0 Å². The minimum Gasteiger partial charge on any atom is -0.396 e.